The summed E-state index contributed by atoms with van der Waals surface area (Å²) >= 11 is 0. The first kappa shape index (κ1) is 15.3. The number of aryl methyl sites for hydroxylation is 1. The third-order valence-corrected chi connectivity index (χ3v) is 3.96. The molecule has 0 aliphatic heterocycles. The lowest BCUT2D eigenvalue weighted by molar-refractivity contribution is -0.0161. The van der Waals surface area contributed by atoms with Crippen LogP contribution in [0.5, 0.6) is 5.75 Å². The van der Waals surface area contributed by atoms with Crippen molar-refractivity contribution in [2.24, 2.45) is 5.92 Å². The molecule has 0 radical (unpaired) electrons. The molecule has 1 aliphatic rings. The van der Waals surface area contributed by atoms with Crippen molar-refractivity contribution in [3.63, 3.8) is 0 Å². The van der Waals surface area contributed by atoms with E-state index in [1.54, 1.807) is 0 Å². The molecule has 1 saturated carbocycles. The lowest BCUT2D eigenvalue weighted by Crippen LogP contribution is -2.51. The Bertz CT molecular complexity index is 419. The molecule has 0 spiro atoms. The van der Waals surface area contributed by atoms with Crippen LogP contribution >= 0.6 is 0 Å². The summed E-state index contributed by atoms with van der Waals surface area (Å²) in [5.41, 5.74) is 1.12. The van der Waals surface area contributed by atoms with Crippen molar-refractivity contribution in [2.75, 3.05) is 6.54 Å². The van der Waals surface area contributed by atoms with Crippen LogP contribution in [-0.2, 0) is 0 Å². The summed E-state index contributed by atoms with van der Waals surface area (Å²) in [6, 6.07) is 8.16. The van der Waals surface area contributed by atoms with Crippen LogP contribution < -0.4 is 10.1 Å². The van der Waals surface area contributed by atoms with E-state index in [0.29, 0.717) is 5.92 Å². The number of aliphatic hydroxyl groups is 1. The van der Waals surface area contributed by atoms with Crippen molar-refractivity contribution < 1.29 is 9.84 Å². The molecular weight excluding hydrogens is 250 g/mol. The summed E-state index contributed by atoms with van der Waals surface area (Å²) in [5, 5.41) is 14.0. The highest BCUT2D eigenvalue weighted by Gasteiger charge is 2.33. The molecule has 0 amide bonds. The fourth-order valence-electron chi connectivity index (χ4n) is 2.73. The first-order valence-corrected chi connectivity index (χ1v) is 7.71. The quantitative estimate of drug-likeness (QED) is 0.869. The molecule has 0 aromatic heterocycles. The number of para-hydroxylation sites is 1. The molecule has 1 fully saturated rings. The maximum atomic E-state index is 10.5. The second kappa shape index (κ2) is 7.09. The monoisotopic (exact) mass is 277 g/mol. The molecule has 3 atom stereocenters. The van der Waals surface area contributed by atoms with Gasteiger partial charge in [-0.15, -0.1) is 0 Å². The highest BCUT2D eigenvalue weighted by atomic mass is 16.5. The fourth-order valence-corrected chi connectivity index (χ4v) is 2.73. The van der Waals surface area contributed by atoms with Gasteiger partial charge in [-0.2, -0.15) is 0 Å². The van der Waals surface area contributed by atoms with Crippen molar-refractivity contribution in [1.29, 1.82) is 0 Å². The Hall–Kier alpha value is -1.06. The van der Waals surface area contributed by atoms with Crippen LogP contribution in [0.3, 0.4) is 0 Å². The summed E-state index contributed by atoms with van der Waals surface area (Å²) < 4.78 is 6.05. The van der Waals surface area contributed by atoms with E-state index in [2.05, 4.69) is 19.2 Å². The van der Waals surface area contributed by atoms with Crippen molar-refractivity contribution in [1.82, 2.24) is 5.32 Å². The van der Waals surface area contributed by atoms with Gasteiger partial charge in [0, 0.05) is 6.04 Å². The minimum atomic E-state index is -0.429. The third kappa shape index (κ3) is 3.97. The van der Waals surface area contributed by atoms with Crippen LogP contribution in [0.25, 0.3) is 0 Å². The number of rotatable bonds is 5. The van der Waals surface area contributed by atoms with Gasteiger partial charge >= 0.3 is 0 Å². The maximum absolute atomic E-state index is 10.5. The number of nitrogens with one attached hydrogen (secondary N) is 1. The standard InChI is InChI=1S/C17H27NO2/c1-12(2)11-18-14-8-6-10-16(17(14)19)20-15-9-5-4-7-13(15)3/h4-5,7,9,12,14,16-19H,6,8,10-11H2,1-3H3/t14-,16+,17+/m0/s1. The predicted octanol–water partition coefficient (Wildman–Crippen LogP) is 2.90. The van der Waals surface area contributed by atoms with Crippen LogP contribution in [-0.4, -0.2) is 29.9 Å². The summed E-state index contributed by atoms with van der Waals surface area (Å²) in [5.74, 6) is 1.49. The molecule has 0 bridgehead atoms. The summed E-state index contributed by atoms with van der Waals surface area (Å²) in [4.78, 5) is 0. The van der Waals surface area contributed by atoms with E-state index in [1.807, 2.05) is 31.2 Å². The molecule has 1 aromatic carbocycles. The van der Waals surface area contributed by atoms with Gasteiger partial charge in [-0.25, -0.2) is 0 Å². The smallest absolute Gasteiger partial charge is 0.126 e. The van der Waals surface area contributed by atoms with Crippen LogP contribution in [0, 0.1) is 12.8 Å². The Morgan fingerprint density at radius 3 is 2.75 bits per heavy atom. The van der Waals surface area contributed by atoms with Crippen LogP contribution in [0.4, 0.5) is 0 Å². The Morgan fingerprint density at radius 2 is 2.05 bits per heavy atom. The molecule has 0 saturated heterocycles. The SMILES string of the molecule is Cc1ccccc1O[C@@H]1CCC[C@H](NCC(C)C)[C@H]1O. The van der Waals surface area contributed by atoms with Gasteiger partial charge in [0.1, 0.15) is 18.0 Å². The van der Waals surface area contributed by atoms with Crippen LogP contribution in [0.2, 0.25) is 0 Å². The van der Waals surface area contributed by atoms with Gasteiger partial charge in [-0.3, -0.25) is 0 Å². The highest BCUT2D eigenvalue weighted by Crippen LogP contribution is 2.26. The second-order valence-electron chi connectivity index (χ2n) is 6.25. The lowest BCUT2D eigenvalue weighted by Gasteiger charge is -2.36. The highest BCUT2D eigenvalue weighted by molar-refractivity contribution is 5.32. The molecule has 2 rings (SSSR count). The van der Waals surface area contributed by atoms with Gasteiger partial charge in [0.05, 0.1) is 0 Å². The molecule has 3 nitrogen and oxygen atoms in total. The molecule has 1 aliphatic carbocycles. The summed E-state index contributed by atoms with van der Waals surface area (Å²) in [6.07, 6.45) is 2.52. The molecule has 20 heavy (non-hydrogen) atoms. The zero-order valence-electron chi connectivity index (χ0n) is 12.8. The van der Waals surface area contributed by atoms with Crippen molar-refractivity contribution in [3.8, 4) is 5.75 Å². The van der Waals surface area contributed by atoms with E-state index in [0.717, 1.165) is 37.1 Å². The number of ether oxygens (including phenoxy) is 1. The molecule has 112 valence electrons. The average Bonchev–Trinajstić information content (AvgIpc) is 2.42. The number of benzene rings is 1. The Morgan fingerprint density at radius 1 is 1.30 bits per heavy atom. The lowest BCUT2D eigenvalue weighted by atomic mass is 9.89. The van der Waals surface area contributed by atoms with E-state index in [9.17, 15) is 5.11 Å². The van der Waals surface area contributed by atoms with Gasteiger partial charge in [-0.1, -0.05) is 32.0 Å². The van der Waals surface area contributed by atoms with Crippen LogP contribution in [0.15, 0.2) is 24.3 Å². The zero-order valence-corrected chi connectivity index (χ0v) is 12.8. The first-order chi connectivity index (χ1) is 9.58. The zero-order chi connectivity index (χ0) is 14.5. The van der Waals surface area contributed by atoms with Gasteiger partial charge in [0.25, 0.3) is 0 Å². The summed E-state index contributed by atoms with van der Waals surface area (Å²) in [6.45, 7) is 7.35. The topological polar surface area (TPSA) is 41.5 Å². The third-order valence-electron chi connectivity index (χ3n) is 3.96. The second-order valence-corrected chi connectivity index (χ2v) is 6.25. The maximum Gasteiger partial charge on any atom is 0.126 e. The van der Waals surface area contributed by atoms with E-state index in [-0.39, 0.29) is 12.1 Å². The Labute approximate surface area is 122 Å². The van der Waals surface area contributed by atoms with E-state index < -0.39 is 6.10 Å². The predicted molar refractivity (Wildman–Crippen MR) is 82.1 cm³/mol. The van der Waals surface area contributed by atoms with E-state index in [1.165, 1.54) is 0 Å². The molecule has 0 unspecified atom stereocenters. The van der Waals surface area contributed by atoms with E-state index in [4.69, 9.17) is 4.74 Å². The number of hydrogen-bond acceptors (Lipinski definition) is 3. The molecule has 3 heteroatoms. The normalized spacial score (nSPS) is 26.8. The van der Waals surface area contributed by atoms with Gasteiger partial charge in [0.2, 0.25) is 0 Å². The largest absolute Gasteiger partial charge is 0.487 e. The minimum Gasteiger partial charge on any atom is -0.487 e. The average molecular weight is 277 g/mol. The molecule has 0 heterocycles. The van der Waals surface area contributed by atoms with Crippen molar-refractivity contribution >= 4 is 0 Å². The number of aliphatic hydroxyl groups excluding tert-OH is 1. The van der Waals surface area contributed by atoms with Gasteiger partial charge in [-0.05, 0) is 50.3 Å². The first-order valence-electron chi connectivity index (χ1n) is 7.71. The molecule has 1 aromatic rings. The fraction of sp³-hybridized carbons (Fsp3) is 0.647. The van der Waals surface area contributed by atoms with Crippen molar-refractivity contribution in [3.05, 3.63) is 29.8 Å². The Balaban J connectivity index is 1.96. The van der Waals surface area contributed by atoms with E-state index >= 15 is 0 Å². The van der Waals surface area contributed by atoms with Gasteiger partial charge in [0.15, 0.2) is 0 Å². The molecule has 2 N–H and O–H groups in total. The van der Waals surface area contributed by atoms with Crippen LogP contribution in [0.1, 0.15) is 38.7 Å². The van der Waals surface area contributed by atoms with Crippen molar-refractivity contribution in [2.45, 2.75) is 58.3 Å². The Kier molecular flexibility index (Phi) is 5.44. The molecular formula is C17H27NO2. The summed E-state index contributed by atoms with van der Waals surface area (Å²) in [7, 11) is 0. The van der Waals surface area contributed by atoms with Gasteiger partial charge < -0.3 is 15.2 Å². The minimum absolute atomic E-state index is 0.102. The number of hydrogen-bond donors (Lipinski definition) is 2.